The largest absolute Gasteiger partial charge is 0.350 e. The van der Waals surface area contributed by atoms with Crippen LogP contribution in [0, 0.1) is 6.92 Å². The molecule has 2 aromatic heterocycles. The highest BCUT2D eigenvalue weighted by Gasteiger charge is 2.13. The Hall–Kier alpha value is -3.52. The summed E-state index contributed by atoms with van der Waals surface area (Å²) >= 11 is 3.45. The molecule has 4 aromatic rings. The number of nitrogens with one attached hydrogen (secondary N) is 1. The highest BCUT2D eigenvalue weighted by Crippen LogP contribution is 2.22. The number of carbonyl (C=O) groups excluding carboxylic acids is 1. The number of carbonyl (C=O) groups is 1. The molecule has 0 unspecified atom stereocenters. The molecule has 4 rings (SSSR count). The van der Waals surface area contributed by atoms with E-state index >= 15 is 0 Å². The predicted octanol–water partition coefficient (Wildman–Crippen LogP) is 3.95. The maximum absolute atomic E-state index is 12.4. The zero-order valence-corrected chi connectivity index (χ0v) is 18.3. The minimum absolute atomic E-state index is 0.115. The topological polar surface area (TPSA) is 90.0 Å². The van der Waals surface area contributed by atoms with Gasteiger partial charge < -0.3 is 14.4 Å². The molecule has 156 valence electrons. The van der Waals surface area contributed by atoms with Crippen molar-refractivity contribution in [3.63, 3.8) is 0 Å². The molecule has 7 nitrogen and oxygen atoms in total. The molecule has 0 saturated heterocycles. The van der Waals surface area contributed by atoms with Crippen LogP contribution in [-0.2, 0) is 17.9 Å². The fraction of sp³-hybridized carbons (Fsp3) is 0.130. The lowest BCUT2D eigenvalue weighted by molar-refractivity contribution is -0.121. The summed E-state index contributed by atoms with van der Waals surface area (Å²) in [5.41, 5.74) is 3.15. The van der Waals surface area contributed by atoms with Gasteiger partial charge in [0.25, 0.3) is 11.4 Å². The van der Waals surface area contributed by atoms with Crippen molar-refractivity contribution in [3.8, 4) is 22.8 Å². The van der Waals surface area contributed by atoms with Gasteiger partial charge in [-0.05, 0) is 30.7 Å². The molecule has 0 bridgehead atoms. The molecular weight excluding hydrogens is 460 g/mol. The van der Waals surface area contributed by atoms with Crippen LogP contribution in [0.1, 0.15) is 11.1 Å². The molecule has 0 radical (unpaired) electrons. The fourth-order valence-corrected chi connectivity index (χ4v) is 3.49. The molecule has 8 heteroatoms. The van der Waals surface area contributed by atoms with Crippen LogP contribution in [0.3, 0.4) is 0 Å². The summed E-state index contributed by atoms with van der Waals surface area (Å²) in [6, 6.07) is 18.4. The maximum Gasteiger partial charge on any atom is 0.259 e. The van der Waals surface area contributed by atoms with Crippen molar-refractivity contribution < 1.29 is 9.32 Å². The molecular formula is C23H19BrN4O3. The highest BCUT2D eigenvalue weighted by molar-refractivity contribution is 9.10. The summed E-state index contributed by atoms with van der Waals surface area (Å²) < 4.78 is 7.61. The van der Waals surface area contributed by atoms with E-state index in [-0.39, 0.29) is 23.9 Å². The highest BCUT2D eigenvalue weighted by atomic mass is 79.9. The summed E-state index contributed by atoms with van der Waals surface area (Å²) in [7, 11) is 0. The summed E-state index contributed by atoms with van der Waals surface area (Å²) in [5, 5.41) is 6.86. The Balaban J connectivity index is 1.49. The Morgan fingerprint density at radius 3 is 2.74 bits per heavy atom. The van der Waals surface area contributed by atoms with Crippen molar-refractivity contribution in [1.29, 1.82) is 0 Å². The van der Waals surface area contributed by atoms with Crippen molar-refractivity contribution in [3.05, 3.63) is 92.8 Å². The first-order chi connectivity index (χ1) is 15.0. The Bertz CT molecular complexity index is 1300. The second kappa shape index (κ2) is 9.09. The number of hydrogen-bond donors (Lipinski definition) is 1. The Morgan fingerprint density at radius 2 is 1.94 bits per heavy atom. The second-order valence-electron chi connectivity index (χ2n) is 7.04. The number of nitrogens with zero attached hydrogens (tertiary/aromatic N) is 3. The van der Waals surface area contributed by atoms with Gasteiger partial charge in [-0.1, -0.05) is 63.0 Å². The summed E-state index contributed by atoms with van der Waals surface area (Å²) in [4.78, 5) is 29.0. The van der Waals surface area contributed by atoms with E-state index in [1.807, 2.05) is 55.5 Å². The van der Waals surface area contributed by atoms with Crippen LogP contribution in [0.2, 0.25) is 0 Å². The van der Waals surface area contributed by atoms with Gasteiger partial charge >= 0.3 is 0 Å². The average Bonchev–Trinajstić information content (AvgIpc) is 3.25. The molecule has 0 spiro atoms. The molecule has 0 atom stereocenters. The van der Waals surface area contributed by atoms with E-state index < -0.39 is 0 Å². The monoisotopic (exact) mass is 478 g/mol. The van der Waals surface area contributed by atoms with Gasteiger partial charge in [-0.3, -0.25) is 9.59 Å². The van der Waals surface area contributed by atoms with Crippen LogP contribution in [0.15, 0.2) is 80.7 Å². The molecule has 2 heterocycles. The third kappa shape index (κ3) is 4.97. The summed E-state index contributed by atoms with van der Waals surface area (Å²) in [6.07, 6.45) is 1.55. The number of rotatable bonds is 6. The number of pyridine rings is 1. The number of amides is 1. The van der Waals surface area contributed by atoms with E-state index in [2.05, 4.69) is 31.4 Å². The van der Waals surface area contributed by atoms with Crippen LogP contribution in [0.25, 0.3) is 22.8 Å². The molecule has 0 saturated carbocycles. The van der Waals surface area contributed by atoms with Gasteiger partial charge in [0, 0.05) is 28.8 Å². The van der Waals surface area contributed by atoms with Crippen molar-refractivity contribution in [2.24, 2.45) is 0 Å². The minimum atomic E-state index is -0.293. The van der Waals surface area contributed by atoms with Crippen LogP contribution in [0.4, 0.5) is 0 Å². The van der Waals surface area contributed by atoms with Crippen molar-refractivity contribution >= 4 is 21.8 Å². The van der Waals surface area contributed by atoms with Gasteiger partial charge in [0.05, 0.1) is 5.56 Å². The van der Waals surface area contributed by atoms with Crippen LogP contribution in [0.5, 0.6) is 0 Å². The third-order valence-electron chi connectivity index (χ3n) is 4.68. The van der Waals surface area contributed by atoms with Crippen LogP contribution < -0.4 is 10.9 Å². The smallest absolute Gasteiger partial charge is 0.259 e. The molecule has 2 aromatic carbocycles. The van der Waals surface area contributed by atoms with Gasteiger partial charge in [0.2, 0.25) is 11.7 Å². The van der Waals surface area contributed by atoms with Crippen LogP contribution >= 0.6 is 15.9 Å². The van der Waals surface area contributed by atoms with Gasteiger partial charge in [0.15, 0.2) is 0 Å². The molecule has 0 aliphatic heterocycles. The molecule has 0 aliphatic carbocycles. The first-order valence-corrected chi connectivity index (χ1v) is 10.4. The van der Waals surface area contributed by atoms with Gasteiger partial charge in [-0.15, -0.1) is 0 Å². The summed E-state index contributed by atoms with van der Waals surface area (Å²) in [6.45, 7) is 2.23. The Morgan fingerprint density at radius 1 is 1.10 bits per heavy atom. The molecule has 0 aliphatic rings. The van der Waals surface area contributed by atoms with E-state index in [1.165, 1.54) is 10.6 Å². The van der Waals surface area contributed by atoms with E-state index in [4.69, 9.17) is 4.52 Å². The standard InChI is InChI=1S/C23H19BrN4O3/c1-15-5-4-7-16(11-15)22-26-23(31-27-22)18-9-10-21(30)28(13-18)14-20(29)25-12-17-6-2-3-8-19(17)24/h2-11,13H,12,14H2,1H3,(H,25,29). The lowest BCUT2D eigenvalue weighted by Crippen LogP contribution is -2.31. The lowest BCUT2D eigenvalue weighted by atomic mass is 10.1. The second-order valence-corrected chi connectivity index (χ2v) is 7.90. The van der Waals surface area contributed by atoms with Gasteiger partial charge in [-0.2, -0.15) is 4.98 Å². The quantitative estimate of drug-likeness (QED) is 0.453. The summed E-state index contributed by atoms with van der Waals surface area (Å²) in [5.74, 6) is 0.461. The maximum atomic E-state index is 12.4. The number of benzene rings is 2. The molecule has 31 heavy (non-hydrogen) atoms. The Kier molecular flexibility index (Phi) is 6.08. The van der Waals surface area contributed by atoms with Crippen molar-refractivity contribution in [1.82, 2.24) is 20.0 Å². The van der Waals surface area contributed by atoms with E-state index in [0.29, 0.717) is 17.9 Å². The van der Waals surface area contributed by atoms with E-state index in [1.54, 1.807) is 12.3 Å². The van der Waals surface area contributed by atoms with E-state index in [0.717, 1.165) is 21.2 Å². The first-order valence-electron chi connectivity index (χ1n) is 9.61. The molecule has 0 fully saturated rings. The minimum Gasteiger partial charge on any atom is -0.350 e. The normalized spacial score (nSPS) is 10.8. The fourth-order valence-electron chi connectivity index (χ4n) is 3.07. The number of hydrogen-bond acceptors (Lipinski definition) is 5. The third-order valence-corrected chi connectivity index (χ3v) is 5.45. The zero-order valence-electron chi connectivity index (χ0n) is 16.7. The first kappa shape index (κ1) is 20.7. The predicted molar refractivity (Wildman–Crippen MR) is 120 cm³/mol. The van der Waals surface area contributed by atoms with Crippen LogP contribution in [-0.4, -0.2) is 20.6 Å². The lowest BCUT2D eigenvalue weighted by Gasteiger charge is -2.09. The van der Waals surface area contributed by atoms with Crippen molar-refractivity contribution in [2.75, 3.05) is 0 Å². The van der Waals surface area contributed by atoms with Crippen molar-refractivity contribution in [2.45, 2.75) is 20.0 Å². The Labute approximate surface area is 186 Å². The average molecular weight is 479 g/mol. The molecule has 1 amide bonds. The number of aromatic nitrogens is 3. The number of aryl methyl sites for hydroxylation is 1. The SMILES string of the molecule is Cc1cccc(-c2noc(-c3ccc(=O)n(CC(=O)NCc4ccccc4Br)c3)n2)c1. The van der Waals surface area contributed by atoms with Gasteiger partial charge in [0.1, 0.15) is 6.54 Å². The zero-order chi connectivity index (χ0) is 21.8. The molecule has 1 N–H and O–H groups in total. The van der Waals surface area contributed by atoms with E-state index in [9.17, 15) is 9.59 Å². The van der Waals surface area contributed by atoms with Gasteiger partial charge in [-0.25, -0.2) is 0 Å². The number of halogens is 1.